The number of aliphatic hydroxyl groups excluding tert-OH is 1. The molecule has 1 atom stereocenters. The Labute approximate surface area is 123 Å². The second-order valence-electron chi connectivity index (χ2n) is 6.27. The van der Waals surface area contributed by atoms with Gasteiger partial charge in [0.15, 0.2) is 0 Å². The van der Waals surface area contributed by atoms with Crippen molar-refractivity contribution in [3.05, 3.63) is 29.8 Å². The quantitative estimate of drug-likeness (QED) is 0.868. The largest absolute Gasteiger partial charge is 0.396 e. The van der Waals surface area contributed by atoms with Gasteiger partial charge in [0.1, 0.15) is 0 Å². The number of nitrogens with zero attached hydrogens (tertiary/aromatic N) is 1. The van der Waals surface area contributed by atoms with E-state index in [1.165, 1.54) is 24.1 Å². The lowest BCUT2D eigenvalue weighted by atomic mass is 9.86. The molecule has 20 heavy (non-hydrogen) atoms. The first-order valence-electron chi connectivity index (χ1n) is 7.74. The highest BCUT2D eigenvalue weighted by Crippen LogP contribution is 2.26. The van der Waals surface area contributed by atoms with Crippen LogP contribution in [0.3, 0.4) is 0 Å². The minimum atomic E-state index is 0.355. The Morgan fingerprint density at radius 2 is 1.75 bits per heavy atom. The molecule has 1 aliphatic carbocycles. The lowest BCUT2D eigenvalue weighted by Crippen LogP contribution is -2.35. The predicted molar refractivity (Wildman–Crippen MR) is 85.2 cm³/mol. The van der Waals surface area contributed by atoms with E-state index < -0.39 is 0 Å². The molecule has 1 unspecified atom stereocenters. The molecule has 2 rings (SSSR count). The molecule has 0 amide bonds. The molecule has 3 heteroatoms. The zero-order valence-electron chi connectivity index (χ0n) is 13.0. The van der Waals surface area contributed by atoms with Crippen molar-refractivity contribution in [2.45, 2.75) is 44.7 Å². The second-order valence-corrected chi connectivity index (χ2v) is 6.27. The van der Waals surface area contributed by atoms with Crippen molar-refractivity contribution in [2.24, 2.45) is 5.92 Å². The molecule has 1 saturated carbocycles. The topological polar surface area (TPSA) is 35.5 Å². The Bertz CT molecular complexity index is 394. The van der Waals surface area contributed by atoms with Crippen LogP contribution in [0.2, 0.25) is 0 Å². The molecule has 0 aromatic heterocycles. The minimum Gasteiger partial charge on any atom is -0.396 e. The van der Waals surface area contributed by atoms with Crippen LogP contribution in [0.25, 0.3) is 0 Å². The fourth-order valence-corrected chi connectivity index (χ4v) is 3.02. The van der Waals surface area contributed by atoms with Crippen molar-refractivity contribution >= 4 is 5.69 Å². The van der Waals surface area contributed by atoms with Crippen LogP contribution in [0.5, 0.6) is 0 Å². The van der Waals surface area contributed by atoms with Crippen molar-refractivity contribution in [1.29, 1.82) is 0 Å². The van der Waals surface area contributed by atoms with Gasteiger partial charge in [-0.25, -0.2) is 0 Å². The van der Waals surface area contributed by atoms with Crippen molar-refractivity contribution in [1.82, 2.24) is 5.32 Å². The maximum absolute atomic E-state index is 9.18. The summed E-state index contributed by atoms with van der Waals surface area (Å²) in [6, 6.07) is 9.77. The predicted octanol–water partition coefficient (Wildman–Crippen LogP) is 2.95. The summed E-state index contributed by atoms with van der Waals surface area (Å²) in [5.74, 6) is 0.530. The van der Waals surface area contributed by atoms with Crippen LogP contribution in [-0.4, -0.2) is 31.9 Å². The molecule has 1 aromatic rings. The maximum Gasteiger partial charge on any atom is 0.0459 e. The zero-order chi connectivity index (χ0) is 14.5. The normalized spacial score (nSPS) is 24.4. The van der Waals surface area contributed by atoms with E-state index in [2.05, 4.69) is 55.5 Å². The Kier molecular flexibility index (Phi) is 5.44. The highest BCUT2D eigenvalue weighted by atomic mass is 16.3. The average molecular weight is 276 g/mol. The SMILES string of the molecule is CC(NC1CCC(CO)CC1)c1ccc(N(C)C)cc1. The second kappa shape index (κ2) is 7.09. The van der Waals surface area contributed by atoms with E-state index >= 15 is 0 Å². The Hall–Kier alpha value is -1.06. The summed E-state index contributed by atoms with van der Waals surface area (Å²) in [4.78, 5) is 2.12. The van der Waals surface area contributed by atoms with Crippen molar-refractivity contribution in [2.75, 3.05) is 25.6 Å². The number of benzene rings is 1. The van der Waals surface area contributed by atoms with Gasteiger partial charge in [-0.2, -0.15) is 0 Å². The van der Waals surface area contributed by atoms with Crippen LogP contribution in [0.15, 0.2) is 24.3 Å². The highest BCUT2D eigenvalue weighted by Gasteiger charge is 2.21. The lowest BCUT2D eigenvalue weighted by molar-refractivity contribution is 0.172. The molecule has 0 radical (unpaired) electrons. The number of anilines is 1. The van der Waals surface area contributed by atoms with E-state index in [0.717, 1.165) is 12.8 Å². The maximum atomic E-state index is 9.18. The van der Waals surface area contributed by atoms with Crippen LogP contribution in [0, 0.1) is 5.92 Å². The molecule has 1 aromatic carbocycles. The fourth-order valence-electron chi connectivity index (χ4n) is 3.02. The average Bonchev–Trinajstić information content (AvgIpc) is 2.48. The summed E-state index contributed by atoms with van der Waals surface area (Å²) in [7, 11) is 4.13. The standard InChI is InChI=1S/C17H28N2O/c1-13(15-6-10-17(11-7-15)19(2)3)18-16-8-4-14(12-20)5-9-16/h6-7,10-11,13-14,16,18,20H,4-5,8-9,12H2,1-3H3. The molecule has 2 N–H and O–H groups in total. The molecule has 0 saturated heterocycles. The number of nitrogens with one attached hydrogen (secondary N) is 1. The van der Waals surface area contributed by atoms with Gasteiger partial charge in [-0.05, 0) is 56.2 Å². The van der Waals surface area contributed by atoms with Crippen molar-refractivity contribution < 1.29 is 5.11 Å². The summed E-state index contributed by atoms with van der Waals surface area (Å²) in [5, 5.41) is 12.9. The van der Waals surface area contributed by atoms with Gasteiger partial charge in [-0.1, -0.05) is 12.1 Å². The van der Waals surface area contributed by atoms with Crippen LogP contribution in [-0.2, 0) is 0 Å². The van der Waals surface area contributed by atoms with Gasteiger partial charge in [0.05, 0.1) is 0 Å². The number of hydrogen-bond acceptors (Lipinski definition) is 3. The third-order valence-corrected chi connectivity index (χ3v) is 4.50. The van der Waals surface area contributed by atoms with E-state index in [4.69, 9.17) is 0 Å². The molecule has 0 heterocycles. The van der Waals surface area contributed by atoms with Gasteiger partial charge < -0.3 is 15.3 Å². The van der Waals surface area contributed by atoms with Crippen LogP contribution in [0.4, 0.5) is 5.69 Å². The van der Waals surface area contributed by atoms with Gasteiger partial charge in [0, 0.05) is 38.5 Å². The molecule has 0 aliphatic heterocycles. The molecule has 1 fully saturated rings. The Morgan fingerprint density at radius 3 is 2.25 bits per heavy atom. The molecular formula is C17H28N2O. The van der Waals surface area contributed by atoms with Crippen LogP contribution in [0.1, 0.15) is 44.2 Å². The van der Waals surface area contributed by atoms with E-state index in [0.29, 0.717) is 24.6 Å². The summed E-state index contributed by atoms with van der Waals surface area (Å²) < 4.78 is 0. The zero-order valence-corrected chi connectivity index (χ0v) is 13.0. The first kappa shape index (κ1) is 15.3. The first-order valence-corrected chi connectivity index (χ1v) is 7.74. The summed E-state index contributed by atoms with van der Waals surface area (Å²) in [6.45, 7) is 2.59. The summed E-state index contributed by atoms with van der Waals surface area (Å²) in [6.07, 6.45) is 4.68. The Balaban J connectivity index is 1.87. The van der Waals surface area contributed by atoms with Crippen molar-refractivity contribution in [3.63, 3.8) is 0 Å². The molecule has 3 nitrogen and oxygen atoms in total. The minimum absolute atomic E-state index is 0.355. The van der Waals surface area contributed by atoms with Gasteiger partial charge in [-0.3, -0.25) is 0 Å². The van der Waals surface area contributed by atoms with Gasteiger partial charge in [0.2, 0.25) is 0 Å². The van der Waals surface area contributed by atoms with Gasteiger partial charge in [0.25, 0.3) is 0 Å². The summed E-state index contributed by atoms with van der Waals surface area (Å²) >= 11 is 0. The van der Waals surface area contributed by atoms with Gasteiger partial charge >= 0.3 is 0 Å². The van der Waals surface area contributed by atoms with E-state index in [1.54, 1.807) is 0 Å². The number of hydrogen-bond donors (Lipinski definition) is 2. The number of rotatable bonds is 5. The molecule has 112 valence electrons. The summed E-state index contributed by atoms with van der Waals surface area (Å²) in [5.41, 5.74) is 2.59. The smallest absolute Gasteiger partial charge is 0.0459 e. The van der Waals surface area contributed by atoms with Gasteiger partial charge in [-0.15, -0.1) is 0 Å². The fraction of sp³-hybridized carbons (Fsp3) is 0.647. The lowest BCUT2D eigenvalue weighted by Gasteiger charge is -2.30. The molecule has 0 spiro atoms. The van der Waals surface area contributed by atoms with Crippen molar-refractivity contribution in [3.8, 4) is 0 Å². The first-order chi connectivity index (χ1) is 9.60. The third kappa shape index (κ3) is 3.97. The van der Waals surface area contributed by atoms with E-state index in [9.17, 15) is 5.11 Å². The van der Waals surface area contributed by atoms with Crippen LogP contribution < -0.4 is 10.2 Å². The monoisotopic (exact) mass is 276 g/mol. The number of aliphatic hydroxyl groups is 1. The Morgan fingerprint density at radius 1 is 1.15 bits per heavy atom. The molecule has 0 bridgehead atoms. The molecular weight excluding hydrogens is 248 g/mol. The van der Waals surface area contributed by atoms with E-state index in [-0.39, 0.29) is 0 Å². The highest BCUT2D eigenvalue weighted by molar-refractivity contribution is 5.46. The van der Waals surface area contributed by atoms with Crippen LogP contribution >= 0.6 is 0 Å². The third-order valence-electron chi connectivity index (χ3n) is 4.50. The molecule has 1 aliphatic rings. The van der Waals surface area contributed by atoms with E-state index in [1.807, 2.05) is 0 Å².